The molecule has 0 radical (unpaired) electrons. The van der Waals surface area contributed by atoms with Crippen LogP contribution in [-0.4, -0.2) is 19.3 Å². The van der Waals surface area contributed by atoms with E-state index in [9.17, 15) is 0 Å². The van der Waals surface area contributed by atoms with E-state index in [2.05, 4.69) is 22.8 Å². The van der Waals surface area contributed by atoms with E-state index >= 15 is 0 Å². The van der Waals surface area contributed by atoms with Crippen LogP contribution in [0.15, 0.2) is 12.2 Å². The fourth-order valence-corrected chi connectivity index (χ4v) is 1.80. The van der Waals surface area contributed by atoms with E-state index in [0.29, 0.717) is 0 Å². The van der Waals surface area contributed by atoms with Gasteiger partial charge in [-0.05, 0) is 12.8 Å². The van der Waals surface area contributed by atoms with E-state index in [1.54, 1.807) is 0 Å². The summed E-state index contributed by atoms with van der Waals surface area (Å²) in [7, 11) is 0. The van der Waals surface area contributed by atoms with Gasteiger partial charge >= 0.3 is 0 Å². The first-order valence-electron chi connectivity index (χ1n) is 4.07. The third-order valence-electron chi connectivity index (χ3n) is 2.41. The van der Waals surface area contributed by atoms with E-state index in [4.69, 9.17) is 0 Å². The summed E-state index contributed by atoms with van der Waals surface area (Å²) in [5.41, 5.74) is 0. The Morgan fingerprint density at radius 2 is 2.40 bits per heavy atom. The molecule has 0 spiro atoms. The Kier molecular flexibility index (Phi) is 1.74. The Morgan fingerprint density at radius 3 is 3.30 bits per heavy atom. The summed E-state index contributed by atoms with van der Waals surface area (Å²) in [6.45, 7) is 2.16. The molecule has 0 amide bonds. The topological polar surface area (TPSA) is 24.1 Å². The highest BCUT2D eigenvalue weighted by Gasteiger charge is 2.23. The molecule has 1 aliphatic carbocycles. The van der Waals surface area contributed by atoms with E-state index in [1.807, 2.05) is 0 Å². The summed E-state index contributed by atoms with van der Waals surface area (Å²) in [4.78, 5) is 0. The van der Waals surface area contributed by atoms with Crippen molar-refractivity contribution in [1.82, 2.24) is 10.6 Å². The van der Waals surface area contributed by atoms with Crippen LogP contribution < -0.4 is 10.6 Å². The van der Waals surface area contributed by atoms with Gasteiger partial charge in [0.05, 0.1) is 0 Å². The predicted molar refractivity (Wildman–Crippen MR) is 41.7 cm³/mol. The molecule has 0 saturated carbocycles. The van der Waals surface area contributed by atoms with Crippen molar-refractivity contribution in [1.29, 1.82) is 0 Å². The van der Waals surface area contributed by atoms with Crippen molar-refractivity contribution in [2.75, 3.05) is 13.2 Å². The van der Waals surface area contributed by atoms with E-state index < -0.39 is 0 Å². The number of nitrogens with one attached hydrogen (secondary N) is 2. The fourth-order valence-electron chi connectivity index (χ4n) is 1.80. The standard InChI is InChI=1S/C8H14N2/c1-2-4-8-7(3-1)5-9-6-10-8/h1,3,7-10H,2,4-6H2. The molecule has 2 atom stereocenters. The SMILES string of the molecule is C1=CC2CNCNC2CC1. The van der Waals surface area contributed by atoms with Crippen molar-refractivity contribution in [2.45, 2.75) is 18.9 Å². The molecule has 0 aromatic rings. The average molecular weight is 138 g/mol. The van der Waals surface area contributed by atoms with Crippen LogP contribution in [0.25, 0.3) is 0 Å². The highest BCUT2D eigenvalue weighted by Crippen LogP contribution is 2.18. The number of allylic oxidation sites excluding steroid dienone is 1. The molecule has 10 heavy (non-hydrogen) atoms. The lowest BCUT2D eigenvalue weighted by Gasteiger charge is -2.33. The maximum atomic E-state index is 3.46. The zero-order valence-corrected chi connectivity index (χ0v) is 6.14. The van der Waals surface area contributed by atoms with Crippen molar-refractivity contribution < 1.29 is 0 Å². The lowest BCUT2D eigenvalue weighted by Crippen LogP contribution is -2.51. The Labute approximate surface area is 61.7 Å². The van der Waals surface area contributed by atoms with Crippen LogP contribution in [0.5, 0.6) is 0 Å². The maximum absolute atomic E-state index is 3.46. The molecule has 2 aliphatic rings. The highest BCUT2D eigenvalue weighted by molar-refractivity contribution is 5.02. The van der Waals surface area contributed by atoms with Gasteiger partial charge in [0.25, 0.3) is 0 Å². The summed E-state index contributed by atoms with van der Waals surface area (Å²) in [5.74, 6) is 0.752. The van der Waals surface area contributed by atoms with Crippen molar-refractivity contribution in [3.63, 3.8) is 0 Å². The lowest BCUT2D eigenvalue weighted by atomic mass is 9.89. The van der Waals surface area contributed by atoms with Crippen LogP contribution in [0.1, 0.15) is 12.8 Å². The molecule has 2 nitrogen and oxygen atoms in total. The minimum absolute atomic E-state index is 0.752. The van der Waals surface area contributed by atoms with Gasteiger partial charge in [0.15, 0.2) is 0 Å². The second kappa shape index (κ2) is 2.72. The monoisotopic (exact) mass is 138 g/mol. The zero-order valence-electron chi connectivity index (χ0n) is 6.14. The number of fused-ring (bicyclic) bond motifs is 1. The van der Waals surface area contributed by atoms with Gasteiger partial charge in [0.2, 0.25) is 0 Å². The van der Waals surface area contributed by atoms with Gasteiger partial charge in [-0.3, -0.25) is 0 Å². The predicted octanol–water partition coefficient (Wildman–Crippen LogP) is 0.471. The van der Waals surface area contributed by atoms with E-state index in [-0.39, 0.29) is 0 Å². The molecule has 1 heterocycles. The van der Waals surface area contributed by atoms with Crippen molar-refractivity contribution in [3.05, 3.63) is 12.2 Å². The first kappa shape index (κ1) is 6.38. The van der Waals surface area contributed by atoms with Crippen LogP contribution in [0.3, 0.4) is 0 Å². The summed E-state index contributed by atoms with van der Waals surface area (Å²) < 4.78 is 0. The van der Waals surface area contributed by atoms with Gasteiger partial charge in [0.1, 0.15) is 0 Å². The average Bonchev–Trinajstić information content (AvgIpc) is 2.05. The second-order valence-electron chi connectivity index (χ2n) is 3.11. The molecule has 0 aromatic carbocycles. The summed E-state index contributed by atoms with van der Waals surface area (Å²) in [6, 6.07) is 0.756. The van der Waals surface area contributed by atoms with Gasteiger partial charge in [0, 0.05) is 25.2 Å². The first-order valence-corrected chi connectivity index (χ1v) is 4.07. The van der Waals surface area contributed by atoms with Gasteiger partial charge in [-0.2, -0.15) is 0 Å². The largest absolute Gasteiger partial charge is 0.304 e. The maximum Gasteiger partial charge on any atom is 0.0456 e. The quantitative estimate of drug-likeness (QED) is 0.475. The van der Waals surface area contributed by atoms with E-state index in [1.165, 1.54) is 12.8 Å². The Morgan fingerprint density at radius 1 is 1.40 bits per heavy atom. The molecule has 2 rings (SSSR count). The second-order valence-corrected chi connectivity index (χ2v) is 3.11. The van der Waals surface area contributed by atoms with Crippen LogP contribution in [0.4, 0.5) is 0 Å². The van der Waals surface area contributed by atoms with Crippen LogP contribution in [0.2, 0.25) is 0 Å². The fraction of sp³-hybridized carbons (Fsp3) is 0.750. The van der Waals surface area contributed by atoms with Gasteiger partial charge in [-0.15, -0.1) is 0 Å². The van der Waals surface area contributed by atoms with Crippen LogP contribution >= 0.6 is 0 Å². The molecule has 2 N–H and O–H groups in total. The molecule has 1 fully saturated rings. The molecule has 1 saturated heterocycles. The van der Waals surface area contributed by atoms with Crippen molar-refractivity contribution in [2.24, 2.45) is 5.92 Å². The number of hydrogen-bond donors (Lipinski definition) is 2. The summed E-state index contributed by atoms with van der Waals surface area (Å²) in [6.07, 6.45) is 7.22. The molecule has 1 aliphatic heterocycles. The molecule has 0 bridgehead atoms. The minimum Gasteiger partial charge on any atom is -0.304 e. The highest BCUT2D eigenvalue weighted by atomic mass is 15.1. The Hall–Kier alpha value is -0.340. The molecule has 2 heteroatoms. The summed E-state index contributed by atoms with van der Waals surface area (Å²) >= 11 is 0. The number of hydrogen-bond acceptors (Lipinski definition) is 2. The molecular weight excluding hydrogens is 124 g/mol. The van der Waals surface area contributed by atoms with Gasteiger partial charge < -0.3 is 10.6 Å². The normalized spacial score (nSPS) is 39.2. The third-order valence-corrected chi connectivity index (χ3v) is 2.41. The zero-order chi connectivity index (χ0) is 6.81. The van der Waals surface area contributed by atoms with Crippen molar-refractivity contribution >= 4 is 0 Å². The molecular formula is C8H14N2. The molecule has 56 valence electrons. The molecule has 2 unspecified atom stereocenters. The van der Waals surface area contributed by atoms with E-state index in [0.717, 1.165) is 25.2 Å². The minimum atomic E-state index is 0.752. The first-order chi connectivity index (χ1) is 4.97. The smallest absolute Gasteiger partial charge is 0.0456 e. The summed E-state index contributed by atoms with van der Waals surface area (Å²) in [5, 5.41) is 6.78. The van der Waals surface area contributed by atoms with Gasteiger partial charge in [-0.25, -0.2) is 0 Å². The Balaban J connectivity index is 2.03. The third kappa shape index (κ3) is 1.09. The van der Waals surface area contributed by atoms with Crippen molar-refractivity contribution in [3.8, 4) is 0 Å². The van der Waals surface area contributed by atoms with Gasteiger partial charge in [-0.1, -0.05) is 12.2 Å². The molecule has 0 aromatic heterocycles. The Bertz CT molecular complexity index is 142. The van der Waals surface area contributed by atoms with Crippen LogP contribution in [-0.2, 0) is 0 Å². The lowest BCUT2D eigenvalue weighted by molar-refractivity contribution is 0.300. The number of rotatable bonds is 0. The van der Waals surface area contributed by atoms with Crippen LogP contribution in [0, 0.1) is 5.92 Å².